The number of nitrogens with one attached hydrogen (secondary N) is 3. The van der Waals surface area contributed by atoms with E-state index in [1.165, 1.54) is 6.07 Å². The fraction of sp³-hybridized carbons (Fsp3) is 0.340. The minimum Gasteiger partial charge on any atom is -0.573 e. The van der Waals surface area contributed by atoms with Gasteiger partial charge < -0.3 is 38.5 Å². The molecule has 2 radical (unpaired) electrons. The van der Waals surface area contributed by atoms with Gasteiger partial charge in [-0.3, -0.25) is 24.1 Å². The zero-order valence-electron chi connectivity index (χ0n) is 36.5. The monoisotopic (exact) mass is 932 g/mol. The zero-order chi connectivity index (χ0) is 46.3. The number of carbonyl (C=O) groups excluding carboxylic acids is 4. The van der Waals surface area contributed by atoms with Gasteiger partial charge in [-0.05, 0) is 78.5 Å². The van der Waals surface area contributed by atoms with Crippen molar-refractivity contribution in [3.05, 3.63) is 108 Å². The van der Waals surface area contributed by atoms with Crippen molar-refractivity contribution in [2.75, 3.05) is 70.7 Å². The largest absolute Gasteiger partial charge is 0.573 e. The number of anilines is 1. The van der Waals surface area contributed by atoms with Gasteiger partial charge in [-0.2, -0.15) is 4.72 Å². The van der Waals surface area contributed by atoms with E-state index in [2.05, 4.69) is 42.7 Å². The SMILES string of the molecule is [B]c1c(N[S+]([O-])N2CCC(C)C2)ccc(P)c1C(=O)c1c[nH]c2ncc(-c3ccc(OCCOCCOCCOCCOc4ccc5c(c4)C(=O)N(C4CCC(=C)NC4=O)C5=O)cc3)cc12. The molecule has 2 fully saturated rings. The summed E-state index contributed by atoms with van der Waals surface area (Å²) in [7, 11) is 9.13. The topological polar surface area (TPSA) is 197 Å². The highest BCUT2D eigenvalue weighted by Crippen LogP contribution is 2.32. The number of ketones is 1. The molecule has 0 aliphatic carbocycles. The van der Waals surface area contributed by atoms with Crippen LogP contribution in [0.2, 0.25) is 0 Å². The van der Waals surface area contributed by atoms with E-state index in [0.29, 0.717) is 109 Å². The Balaban J connectivity index is 0.716. The fourth-order valence-corrected chi connectivity index (χ4v) is 9.55. The van der Waals surface area contributed by atoms with Gasteiger partial charge in [0.15, 0.2) is 17.3 Å². The number of pyridine rings is 1. The van der Waals surface area contributed by atoms with Gasteiger partial charge in [-0.15, -0.1) is 13.5 Å². The molecule has 66 heavy (non-hydrogen) atoms. The number of aromatic amines is 1. The normalized spacial score (nSPS) is 17.9. The summed E-state index contributed by atoms with van der Waals surface area (Å²) in [6, 6.07) is 16.8. The van der Waals surface area contributed by atoms with E-state index in [9.17, 15) is 23.7 Å². The van der Waals surface area contributed by atoms with Gasteiger partial charge in [0, 0.05) is 53.3 Å². The van der Waals surface area contributed by atoms with E-state index < -0.39 is 35.3 Å². The van der Waals surface area contributed by atoms with E-state index in [0.717, 1.165) is 35.5 Å². The lowest BCUT2D eigenvalue weighted by atomic mass is 9.85. The molecule has 3 aliphatic heterocycles. The summed E-state index contributed by atoms with van der Waals surface area (Å²) < 4.78 is 46.4. The Labute approximate surface area is 389 Å². The smallest absolute Gasteiger partial charge is 0.262 e. The van der Waals surface area contributed by atoms with Crippen LogP contribution >= 0.6 is 9.24 Å². The highest BCUT2D eigenvalue weighted by Gasteiger charge is 2.44. The number of allylic oxidation sites excluding steroid dienone is 1. The number of imide groups is 1. The Bertz CT molecular complexity index is 2630. The molecule has 4 unspecified atom stereocenters. The van der Waals surface area contributed by atoms with Gasteiger partial charge in [0.05, 0.1) is 56.5 Å². The van der Waals surface area contributed by atoms with Crippen molar-refractivity contribution in [2.24, 2.45) is 5.92 Å². The van der Waals surface area contributed by atoms with Gasteiger partial charge in [0.1, 0.15) is 44.2 Å². The van der Waals surface area contributed by atoms with Gasteiger partial charge in [0.25, 0.3) is 11.8 Å². The van der Waals surface area contributed by atoms with Crippen LogP contribution in [0.4, 0.5) is 5.69 Å². The second-order valence-electron chi connectivity index (χ2n) is 16.2. The Kier molecular flexibility index (Phi) is 15.2. The molecule has 0 spiro atoms. The molecule has 8 rings (SSSR count). The average molecular weight is 933 g/mol. The second-order valence-corrected chi connectivity index (χ2v) is 18.0. The number of hydrogen-bond donors (Lipinski definition) is 3. The standard InChI is InChI=1S/C47H50BN6O10PS/c1-28-13-14-53(27-28)66(59)52-38-10-12-40(65)41(42(38)48)43(55)37-26-50-44-35(37)23-31(25-49-44)30-4-6-32(7-5-30)63-21-19-61-17-15-60-16-18-62-20-22-64-33-8-9-34-36(24-33)47(58)54(46(34)57)39-11-3-29(2)51-45(39)56/h4-10,12,23-26,28,39,52H,2-3,11,13-22,27,65H2,1H3,(H,49,50)(H,51,56). The molecule has 3 aliphatic rings. The average Bonchev–Trinajstić information content (AvgIpc) is 4.01. The maximum atomic E-state index is 14.0. The lowest BCUT2D eigenvalue weighted by Gasteiger charge is -2.29. The number of piperidine rings is 1. The maximum Gasteiger partial charge on any atom is 0.262 e. The van der Waals surface area contributed by atoms with Crippen LogP contribution in [0.25, 0.3) is 22.2 Å². The molecular formula is C47H50BN6O10PS. The fourth-order valence-electron chi connectivity index (χ4n) is 8.01. The van der Waals surface area contributed by atoms with E-state index in [-0.39, 0.29) is 35.6 Å². The zero-order valence-corrected chi connectivity index (χ0v) is 38.4. The van der Waals surface area contributed by atoms with Crippen molar-refractivity contribution < 1.29 is 47.4 Å². The molecule has 16 nitrogen and oxygen atoms in total. The Hall–Kier alpha value is -5.59. The van der Waals surface area contributed by atoms with Crippen molar-refractivity contribution in [1.29, 1.82) is 0 Å². The third kappa shape index (κ3) is 10.7. The third-order valence-corrected chi connectivity index (χ3v) is 13.2. The number of carbonyl (C=O) groups is 4. The van der Waals surface area contributed by atoms with Crippen LogP contribution in [-0.4, -0.2) is 127 Å². The molecule has 2 aromatic heterocycles. The Morgan fingerprint density at radius 2 is 1.56 bits per heavy atom. The molecule has 4 atom stereocenters. The molecule has 3 aromatic carbocycles. The number of rotatable bonds is 21. The first-order chi connectivity index (χ1) is 32.0. The second kappa shape index (κ2) is 21.4. The summed E-state index contributed by atoms with van der Waals surface area (Å²) in [6.45, 7) is 10.0. The summed E-state index contributed by atoms with van der Waals surface area (Å²) in [6.07, 6.45) is 5.19. The first-order valence-electron chi connectivity index (χ1n) is 21.7. The van der Waals surface area contributed by atoms with Gasteiger partial charge in [-0.25, -0.2) is 4.98 Å². The molecule has 3 amide bonds. The molecule has 342 valence electrons. The highest BCUT2D eigenvalue weighted by molar-refractivity contribution is 7.90. The summed E-state index contributed by atoms with van der Waals surface area (Å²) >= 11 is -1.48. The lowest BCUT2D eigenvalue weighted by molar-refractivity contribution is -0.125. The number of nitrogens with zero attached hydrogens (tertiary/aromatic N) is 3. The molecule has 19 heteroatoms. The maximum absolute atomic E-state index is 14.0. The first kappa shape index (κ1) is 46.9. The van der Waals surface area contributed by atoms with Crippen molar-refractivity contribution in [1.82, 2.24) is 24.5 Å². The molecule has 5 heterocycles. The number of aromatic nitrogens is 2. The summed E-state index contributed by atoms with van der Waals surface area (Å²) in [4.78, 5) is 61.2. The number of H-pyrrole nitrogens is 1. The molecule has 0 bridgehead atoms. The Morgan fingerprint density at radius 1 is 0.894 bits per heavy atom. The Morgan fingerprint density at radius 3 is 2.24 bits per heavy atom. The van der Waals surface area contributed by atoms with Crippen molar-refractivity contribution in [3.63, 3.8) is 0 Å². The van der Waals surface area contributed by atoms with Gasteiger partial charge in [-0.1, -0.05) is 37.2 Å². The first-order valence-corrected chi connectivity index (χ1v) is 23.4. The predicted octanol–water partition coefficient (Wildman–Crippen LogP) is 3.98. The number of ether oxygens (including phenoxy) is 5. The van der Waals surface area contributed by atoms with Crippen LogP contribution in [0, 0.1) is 5.92 Å². The molecule has 5 aromatic rings. The minimum absolute atomic E-state index is 0.206. The van der Waals surface area contributed by atoms with E-state index in [4.69, 9.17) is 31.5 Å². The molecular weight excluding hydrogens is 882 g/mol. The van der Waals surface area contributed by atoms with Gasteiger partial charge in [0.2, 0.25) is 5.91 Å². The van der Waals surface area contributed by atoms with Crippen LogP contribution in [0.5, 0.6) is 11.5 Å². The quantitative estimate of drug-likeness (QED) is 0.0239. The van der Waals surface area contributed by atoms with Crippen LogP contribution in [0.1, 0.15) is 62.8 Å². The van der Waals surface area contributed by atoms with Crippen LogP contribution in [-0.2, 0) is 30.6 Å². The molecule has 2 saturated heterocycles. The summed E-state index contributed by atoms with van der Waals surface area (Å²) in [5.74, 6) is -0.144. The van der Waals surface area contributed by atoms with E-state index >= 15 is 0 Å². The third-order valence-electron chi connectivity index (χ3n) is 11.5. The molecule has 3 N–H and O–H groups in total. The van der Waals surface area contributed by atoms with Crippen molar-refractivity contribution in [3.8, 4) is 22.6 Å². The van der Waals surface area contributed by atoms with Crippen molar-refractivity contribution in [2.45, 2.75) is 32.2 Å². The van der Waals surface area contributed by atoms with Crippen LogP contribution < -0.4 is 30.3 Å². The number of benzene rings is 3. The number of amides is 3. The number of hydrogen-bond acceptors (Lipinski definition) is 13. The molecule has 0 saturated carbocycles. The summed E-state index contributed by atoms with van der Waals surface area (Å²) in [5, 5.41) is 3.90. The summed E-state index contributed by atoms with van der Waals surface area (Å²) in [5.41, 5.74) is 4.69. The van der Waals surface area contributed by atoms with Crippen molar-refractivity contribution >= 4 is 79.6 Å². The van der Waals surface area contributed by atoms with Gasteiger partial charge >= 0.3 is 0 Å². The highest BCUT2D eigenvalue weighted by atomic mass is 32.2. The number of fused-ring (bicyclic) bond motifs is 2. The minimum atomic E-state index is -1.48. The van der Waals surface area contributed by atoms with E-state index in [1.54, 1.807) is 36.7 Å². The lowest BCUT2D eigenvalue weighted by Crippen LogP contribution is -2.51. The van der Waals surface area contributed by atoms with E-state index in [1.807, 2.05) is 34.6 Å². The van der Waals surface area contributed by atoms with Crippen LogP contribution in [0.15, 0.2) is 85.3 Å². The van der Waals surface area contributed by atoms with Crippen LogP contribution in [0.3, 0.4) is 0 Å². The predicted molar refractivity (Wildman–Crippen MR) is 254 cm³/mol.